The van der Waals surface area contributed by atoms with Crippen molar-refractivity contribution in [2.45, 2.75) is 43.8 Å². The molecule has 27 heavy (non-hydrogen) atoms. The van der Waals surface area contributed by atoms with Crippen LogP contribution in [0.25, 0.3) is 0 Å². The second kappa shape index (κ2) is 16.6. The molecule has 0 aromatic carbocycles. The molecule has 0 aliphatic carbocycles. The summed E-state index contributed by atoms with van der Waals surface area (Å²) in [5.74, 6) is -5.02. The van der Waals surface area contributed by atoms with Crippen LogP contribution < -0.4 is 22.9 Å². The maximum Gasteiger partial charge on any atom is 0.322 e. The molecule has 0 bridgehead atoms. The average Bonchev–Trinajstić information content (AvgIpc) is 2.57. The van der Waals surface area contributed by atoms with Gasteiger partial charge < -0.3 is 48.5 Å². The first-order chi connectivity index (χ1) is 12.3. The zero-order valence-corrected chi connectivity index (χ0v) is 14.4. The van der Waals surface area contributed by atoms with E-state index in [0.717, 1.165) is 0 Å². The van der Waals surface area contributed by atoms with E-state index in [1.54, 1.807) is 0 Å². The first kappa shape index (κ1) is 29.0. The zero-order valence-electron chi connectivity index (χ0n) is 14.4. The highest BCUT2D eigenvalue weighted by Crippen LogP contribution is 1.93. The third kappa shape index (κ3) is 23.2. The SMILES string of the molecule is NC(=O)CCC(N)C(=O)O.NC(CCC(=O)O)C(=O)O.NC(CO)C(=O)O. The molecule has 1 amide bonds. The Morgan fingerprint density at radius 3 is 1.19 bits per heavy atom. The minimum Gasteiger partial charge on any atom is -0.481 e. The Kier molecular flexibility index (Phi) is 17.9. The van der Waals surface area contributed by atoms with Crippen molar-refractivity contribution in [3.63, 3.8) is 0 Å². The van der Waals surface area contributed by atoms with Gasteiger partial charge in [0.2, 0.25) is 5.91 Å². The number of aliphatic hydroxyl groups is 1. The lowest BCUT2D eigenvalue weighted by Gasteiger charge is -2.01. The second-order valence-electron chi connectivity index (χ2n) is 4.95. The predicted molar refractivity (Wildman–Crippen MR) is 89.2 cm³/mol. The Labute approximate surface area is 153 Å². The Bertz CT molecular complexity index is 465. The molecular formula is C13H26N4O10. The Hall–Kier alpha value is -2.81. The Balaban J connectivity index is -0.000000326. The van der Waals surface area contributed by atoms with Crippen LogP contribution in [-0.2, 0) is 24.0 Å². The summed E-state index contributed by atoms with van der Waals surface area (Å²) >= 11 is 0. The van der Waals surface area contributed by atoms with Crippen LogP contribution in [0.5, 0.6) is 0 Å². The molecule has 158 valence electrons. The number of carboxylic acids is 4. The summed E-state index contributed by atoms with van der Waals surface area (Å²) in [4.78, 5) is 49.7. The van der Waals surface area contributed by atoms with E-state index in [1.165, 1.54) is 0 Å². The number of aliphatic hydroxyl groups excluding tert-OH is 1. The minimum atomic E-state index is -1.18. The number of aliphatic carboxylic acids is 4. The Morgan fingerprint density at radius 2 is 1.00 bits per heavy atom. The number of carboxylic acid groups (broad SMARTS) is 4. The van der Waals surface area contributed by atoms with E-state index in [-0.39, 0.29) is 25.7 Å². The highest BCUT2D eigenvalue weighted by atomic mass is 16.4. The van der Waals surface area contributed by atoms with E-state index in [4.69, 9.17) is 48.5 Å². The number of carbonyl (C=O) groups is 5. The number of hydrogen-bond donors (Lipinski definition) is 9. The number of amides is 1. The first-order valence-corrected chi connectivity index (χ1v) is 7.32. The molecule has 0 aliphatic heterocycles. The van der Waals surface area contributed by atoms with E-state index < -0.39 is 54.5 Å². The van der Waals surface area contributed by atoms with Crippen LogP contribution in [0.4, 0.5) is 0 Å². The molecular weight excluding hydrogens is 372 g/mol. The fraction of sp³-hybridized carbons (Fsp3) is 0.615. The van der Waals surface area contributed by atoms with E-state index in [2.05, 4.69) is 0 Å². The van der Waals surface area contributed by atoms with Gasteiger partial charge in [0.1, 0.15) is 18.1 Å². The molecule has 0 saturated heterocycles. The highest BCUT2D eigenvalue weighted by molar-refractivity contribution is 5.77. The van der Waals surface area contributed by atoms with Crippen molar-refractivity contribution in [3.8, 4) is 0 Å². The summed E-state index contributed by atoms with van der Waals surface area (Å²) in [5.41, 5.74) is 19.6. The molecule has 14 heteroatoms. The molecule has 0 radical (unpaired) electrons. The van der Waals surface area contributed by atoms with Gasteiger partial charge in [0.15, 0.2) is 0 Å². The van der Waals surface area contributed by atoms with E-state index in [1.807, 2.05) is 0 Å². The summed E-state index contributed by atoms with van der Waals surface area (Å²) < 4.78 is 0. The normalized spacial score (nSPS) is 12.7. The van der Waals surface area contributed by atoms with E-state index in [0.29, 0.717) is 0 Å². The monoisotopic (exact) mass is 398 g/mol. The van der Waals surface area contributed by atoms with Gasteiger partial charge in [-0.05, 0) is 12.8 Å². The molecule has 3 unspecified atom stereocenters. The first-order valence-electron chi connectivity index (χ1n) is 7.32. The van der Waals surface area contributed by atoms with Gasteiger partial charge in [-0.1, -0.05) is 0 Å². The van der Waals surface area contributed by atoms with Crippen molar-refractivity contribution < 1.29 is 49.5 Å². The van der Waals surface area contributed by atoms with Gasteiger partial charge in [0, 0.05) is 12.8 Å². The lowest BCUT2D eigenvalue weighted by atomic mass is 10.2. The summed E-state index contributed by atoms with van der Waals surface area (Å²) in [6.07, 6.45) is -0.101. The molecule has 14 nitrogen and oxygen atoms in total. The zero-order chi connectivity index (χ0) is 22.2. The van der Waals surface area contributed by atoms with Crippen molar-refractivity contribution >= 4 is 29.8 Å². The smallest absolute Gasteiger partial charge is 0.322 e. The van der Waals surface area contributed by atoms with Crippen LogP contribution in [-0.4, -0.2) is 80.0 Å². The molecule has 0 fully saturated rings. The molecule has 0 saturated carbocycles. The molecule has 13 N–H and O–H groups in total. The summed E-state index contributed by atoms with van der Waals surface area (Å²) in [6, 6.07) is -3.16. The van der Waals surface area contributed by atoms with Crippen molar-refractivity contribution in [2.75, 3.05) is 6.61 Å². The van der Waals surface area contributed by atoms with Crippen LogP contribution in [0.2, 0.25) is 0 Å². The van der Waals surface area contributed by atoms with Crippen LogP contribution in [0, 0.1) is 0 Å². The van der Waals surface area contributed by atoms with Gasteiger partial charge in [0.25, 0.3) is 0 Å². The minimum absolute atomic E-state index is 0.0213. The van der Waals surface area contributed by atoms with Gasteiger partial charge >= 0.3 is 23.9 Å². The number of rotatable bonds is 10. The van der Waals surface area contributed by atoms with E-state index in [9.17, 15) is 24.0 Å². The lowest BCUT2D eigenvalue weighted by Crippen LogP contribution is -2.33. The van der Waals surface area contributed by atoms with Gasteiger partial charge in [-0.15, -0.1) is 0 Å². The van der Waals surface area contributed by atoms with Gasteiger partial charge in [-0.25, -0.2) is 0 Å². The topological polar surface area (TPSA) is 291 Å². The van der Waals surface area contributed by atoms with E-state index >= 15 is 0 Å². The van der Waals surface area contributed by atoms with Crippen molar-refractivity contribution in [2.24, 2.45) is 22.9 Å². The van der Waals surface area contributed by atoms with Crippen LogP contribution in [0.1, 0.15) is 25.7 Å². The largest absolute Gasteiger partial charge is 0.481 e. The van der Waals surface area contributed by atoms with Crippen LogP contribution >= 0.6 is 0 Å². The molecule has 0 rings (SSSR count). The van der Waals surface area contributed by atoms with Gasteiger partial charge in [-0.2, -0.15) is 0 Å². The third-order valence-electron chi connectivity index (χ3n) is 2.52. The third-order valence-corrected chi connectivity index (χ3v) is 2.52. The van der Waals surface area contributed by atoms with Crippen molar-refractivity contribution in [1.82, 2.24) is 0 Å². The number of primary amides is 1. The molecule has 0 aliphatic rings. The molecule has 0 aromatic rings. The fourth-order valence-corrected chi connectivity index (χ4v) is 0.902. The maximum atomic E-state index is 10.1. The fourth-order valence-electron chi connectivity index (χ4n) is 0.902. The molecule has 0 heterocycles. The quantitative estimate of drug-likeness (QED) is 0.171. The molecule has 0 spiro atoms. The second-order valence-corrected chi connectivity index (χ2v) is 4.95. The van der Waals surface area contributed by atoms with Crippen LogP contribution in [0.15, 0.2) is 0 Å². The molecule has 3 atom stereocenters. The number of nitrogens with two attached hydrogens (primary N) is 4. The summed E-state index contributed by atoms with van der Waals surface area (Å²) in [5, 5.41) is 40.4. The Morgan fingerprint density at radius 1 is 0.667 bits per heavy atom. The van der Waals surface area contributed by atoms with Gasteiger partial charge in [0.05, 0.1) is 6.61 Å². The van der Waals surface area contributed by atoms with Crippen LogP contribution in [0.3, 0.4) is 0 Å². The highest BCUT2D eigenvalue weighted by Gasteiger charge is 2.12. The number of carbonyl (C=O) groups excluding carboxylic acids is 1. The number of hydrogen-bond acceptors (Lipinski definition) is 9. The average molecular weight is 398 g/mol. The van der Waals surface area contributed by atoms with Crippen molar-refractivity contribution in [1.29, 1.82) is 0 Å². The molecule has 0 aromatic heterocycles. The predicted octanol–water partition coefficient (Wildman–Crippen LogP) is -3.68. The maximum absolute atomic E-state index is 10.1. The summed E-state index contributed by atoms with van der Waals surface area (Å²) in [6.45, 7) is -0.505. The van der Waals surface area contributed by atoms with Gasteiger partial charge in [-0.3, -0.25) is 24.0 Å². The lowest BCUT2D eigenvalue weighted by molar-refractivity contribution is -0.141. The summed E-state index contributed by atoms with van der Waals surface area (Å²) in [7, 11) is 0. The van der Waals surface area contributed by atoms with Crippen molar-refractivity contribution in [3.05, 3.63) is 0 Å². The standard InChI is InChI=1S/C5H10N2O3.C5H9NO4.C3H7NO3/c2*6-3(5(9)10)1-2-4(7)8;4-2(1-5)3(6)7/h3H,1-2,6H2,(H2,7,8)(H,9,10);3H,1-2,6H2,(H,7,8)(H,9,10);2,5H,1,4H2,(H,6,7).